The molecule has 0 saturated heterocycles. The van der Waals surface area contributed by atoms with Gasteiger partial charge in [-0.1, -0.05) is 12.2 Å². The summed E-state index contributed by atoms with van der Waals surface area (Å²) in [4.78, 5) is 0. The van der Waals surface area contributed by atoms with Crippen LogP contribution in [0.25, 0.3) is 0 Å². The van der Waals surface area contributed by atoms with Crippen LogP contribution < -0.4 is 10.1 Å². The zero-order chi connectivity index (χ0) is 19.2. The van der Waals surface area contributed by atoms with Gasteiger partial charge in [-0.3, -0.25) is 0 Å². The van der Waals surface area contributed by atoms with E-state index in [2.05, 4.69) is 51.7 Å². The molecule has 1 aliphatic heterocycles. The van der Waals surface area contributed by atoms with Gasteiger partial charge < -0.3 is 15.2 Å². The summed E-state index contributed by atoms with van der Waals surface area (Å²) in [5, 5.41) is 14.2. The van der Waals surface area contributed by atoms with Crippen molar-refractivity contribution >= 4 is 11.4 Å². The van der Waals surface area contributed by atoms with Crippen molar-refractivity contribution in [2.24, 2.45) is 0 Å². The van der Waals surface area contributed by atoms with E-state index in [0.717, 1.165) is 51.4 Å². The van der Waals surface area contributed by atoms with Gasteiger partial charge in [0, 0.05) is 28.9 Å². The zero-order valence-electron chi connectivity index (χ0n) is 16.7. The van der Waals surface area contributed by atoms with Crippen molar-refractivity contribution in [2.75, 3.05) is 5.32 Å². The fourth-order valence-electron chi connectivity index (χ4n) is 3.74. The molecule has 3 heteroatoms. The zero-order valence-corrected chi connectivity index (χ0v) is 16.7. The van der Waals surface area contributed by atoms with Gasteiger partial charge in [0.1, 0.15) is 17.1 Å². The van der Waals surface area contributed by atoms with Crippen LogP contribution in [-0.2, 0) is 12.8 Å². The normalized spacial score (nSPS) is 14.7. The molecule has 3 nitrogen and oxygen atoms in total. The Balaban J connectivity index is 2.01. The topological polar surface area (TPSA) is 41.5 Å². The van der Waals surface area contributed by atoms with E-state index in [1.165, 1.54) is 5.56 Å². The van der Waals surface area contributed by atoms with E-state index in [-0.39, 0.29) is 5.60 Å². The van der Waals surface area contributed by atoms with Crippen LogP contribution in [0.4, 0.5) is 11.4 Å². The van der Waals surface area contributed by atoms with Crippen molar-refractivity contribution in [3.63, 3.8) is 0 Å². The van der Waals surface area contributed by atoms with Crippen molar-refractivity contribution in [3.05, 3.63) is 58.2 Å². The van der Waals surface area contributed by atoms with Crippen molar-refractivity contribution in [1.82, 2.24) is 0 Å². The van der Waals surface area contributed by atoms with Gasteiger partial charge in [-0.15, -0.1) is 0 Å². The lowest BCUT2D eigenvalue weighted by Gasteiger charge is -2.21. The molecule has 1 heterocycles. The average molecular weight is 351 g/mol. The van der Waals surface area contributed by atoms with E-state index in [1.807, 2.05) is 19.9 Å². The molecule has 0 aliphatic carbocycles. The van der Waals surface area contributed by atoms with Gasteiger partial charge in [-0.2, -0.15) is 0 Å². The van der Waals surface area contributed by atoms with E-state index < -0.39 is 0 Å². The third kappa shape index (κ3) is 3.31. The summed E-state index contributed by atoms with van der Waals surface area (Å²) in [5.41, 5.74) is 8.25. The van der Waals surface area contributed by atoms with Crippen LogP contribution in [-0.4, -0.2) is 10.7 Å². The van der Waals surface area contributed by atoms with Crippen LogP contribution in [0.5, 0.6) is 11.5 Å². The monoisotopic (exact) mass is 351 g/mol. The Kier molecular flexibility index (Phi) is 4.51. The Morgan fingerprint density at radius 3 is 2.54 bits per heavy atom. The second-order valence-corrected chi connectivity index (χ2v) is 8.20. The van der Waals surface area contributed by atoms with Crippen molar-refractivity contribution in [3.8, 4) is 11.5 Å². The van der Waals surface area contributed by atoms with Crippen LogP contribution in [0.3, 0.4) is 0 Å². The molecule has 26 heavy (non-hydrogen) atoms. The number of hydrogen-bond acceptors (Lipinski definition) is 3. The smallest absolute Gasteiger partial charge is 0.123 e. The van der Waals surface area contributed by atoms with E-state index in [1.54, 1.807) is 0 Å². The van der Waals surface area contributed by atoms with Crippen molar-refractivity contribution in [2.45, 2.75) is 60.0 Å². The Morgan fingerprint density at radius 2 is 1.88 bits per heavy atom. The van der Waals surface area contributed by atoms with E-state index >= 15 is 0 Å². The van der Waals surface area contributed by atoms with E-state index in [0.29, 0.717) is 12.2 Å². The predicted octanol–water partition coefficient (Wildman–Crippen LogP) is 5.89. The minimum atomic E-state index is -0.142. The molecule has 1 aliphatic rings. The maximum atomic E-state index is 10.6. The Morgan fingerprint density at radius 1 is 1.19 bits per heavy atom. The molecular formula is C23H29NO2. The third-order valence-electron chi connectivity index (χ3n) is 5.22. The number of aromatic hydroxyl groups is 1. The molecule has 2 N–H and O–H groups in total. The largest absolute Gasteiger partial charge is 0.507 e. The Labute approximate surface area is 156 Å². The second kappa shape index (κ2) is 6.39. The lowest BCUT2D eigenvalue weighted by atomic mass is 9.92. The molecule has 138 valence electrons. The van der Waals surface area contributed by atoms with Crippen LogP contribution in [0, 0.1) is 20.8 Å². The number of benzene rings is 2. The molecule has 0 spiro atoms. The molecule has 3 rings (SSSR count). The first-order valence-electron chi connectivity index (χ1n) is 9.14. The van der Waals surface area contributed by atoms with Crippen LogP contribution in [0.1, 0.15) is 48.6 Å². The lowest BCUT2D eigenvalue weighted by Crippen LogP contribution is -2.24. The molecule has 0 unspecified atom stereocenters. The number of nitrogens with one attached hydrogen (secondary N) is 1. The van der Waals surface area contributed by atoms with Gasteiger partial charge in [0.25, 0.3) is 0 Å². The molecule has 0 atom stereocenters. The average Bonchev–Trinajstić information content (AvgIpc) is 2.86. The third-order valence-corrected chi connectivity index (χ3v) is 5.22. The number of hydrogen-bond donors (Lipinski definition) is 2. The maximum Gasteiger partial charge on any atom is 0.123 e. The fourth-order valence-corrected chi connectivity index (χ4v) is 3.74. The first-order valence-corrected chi connectivity index (χ1v) is 9.14. The van der Waals surface area contributed by atoms with Crippen molar-refractivity contribution in [1.29, 1.82) is 0 Å². The number of allylic oxidation sites excluding steroid dienone is 1. The molecule has 2 aromatic rings. The maximum absolute atomic E-state index is 10.6. The van der Waals surface area contributed by atoms with Crippen LogP contribution in [0.2, 0.25) is 0 Å². The van der Waals surface area contributed by atoms with Crippen molar-refractivity contribution < 1.29 is 9.84 Å². The SMILES string of the molecule is C=C(C)Cc1c(C)c(Nc2ccc3c(c2)CC(C)(C)O3)c(C)c(C)c1O. The standard InChI is InChI=1S/C23H29NO2/c1-13(2)10-19-16(5)21(14(3)15(4)22(19)25)24-18-8-9-20-17(11-18)12-23(6,7)26-20/h8-9,11,24-25H,1,10,12H2,2-7H3. The molecule has 0 fully saturated rings. The highest BCUT2D eigenvalue weighted by atomic mass is 16.5. The quantitative estimate of drug-likeness (QED) is 0.533. The summed E-state index contributed by atoms with van der Waals surface area (Å²) in [5.74, 6) is 1.36. The minimum Gasteiger partial charge on any atom is -0.507 e. The van der Waals surface area contributed by atoms with Gasteiger partial charge in [-0.25, -0.2) is 0 Å². The van der Waals surface area contributed by atoms with Crippen LogP contribution >= 0.6 is 0 Å². The summed E-state index contributed by atoms with van der Waals surface area (Å²) in [6.45, 7) is 16.3. The molecule has 0 bridgehead atoms. The van der Waals surface area contributed by atoms with Gasteiger partial charge in [0.15, 0.2) is 0 Å². The van der Waals surface area contributed by atoms with Gasteiger partial charge >= 0.3 is 0 Å². The van der Waals surface area contributed by atoms with Gasteiger partial charge in [0.2, 0.25) is 0 Å². The summed E-state index contributed by atoms with van der Waals surface area (Å²) in [6, 6.07) is 6.27. The lowest BCUT2D eigenvalue weighted by molar-refractivity contribution is 0.138. The number of fused-ring (bicyclic) bond motifs is 1. The fraction of sp³-hybridized carbons (Fsp3) is 0.391. The molecule has 0 amide bonds. The molecular weight excluding hydrogens is 322 g/mol. The summed E-state index contributed by atoms with van der Waals surface area (Å²) in [6.07, 6.45) is 1.59. The number of phenols is 1. The summed E-state index contributed by atoms with van der Waals surface area (Å²) >= 11 is 0. The first-order chi connectivity index (χ1) is 12.1. The first kappa shape index (κ1) is 18.4. The molecule has 2 aromatic carbocycles. The van der Waals surface area contributed by atoms with Gasteiger partial charge in [-0.05, 0) is 82.9 Å². The van der Waals surface area contributed by atoms with Crippen LogP contribution in [0.15, 0.2) is 30.4 Å². The Hall–Kier alpha value is -2.42. The highest BCUT2D eigenvalue weighted by Crippen LogP contribution is 2.40. The Bertz CT molecular complexity index is 894. The molecule has 0 saturated carbocycles. The highest BCUT2D eigenvalue weighted by molar-refractivity contribution is 5.73. The highest BCUT2D eigenvalue weighted by Gasteiger charge is 2.30. The van der Waals surface area contributed by atoms with E-state index in [9.17, 15) is 5.11 Å². The van der Waals surface area contributed by atoms with E-state index in [4.69, 9.17) is 4.74 Å². The summed E-state index contributed by atoms with van der Waals surface area (Å²) < 4.78 is 5.97. The number of anilines is 2. The number of ether oxygens (including phenoxy) is 1. The second-order valence-electron chi connectivity index (χ2n) is 8.20. The predicted molar refractivity (Wildman–Crippen MR) is 109 cm³/mol. The minimum absolute atomic E-state index is 0.142. The number of phenolic OH excluding ortho intramolecular Hbond substituents is 1. The summed E-state index contributed by atoms with van der Waals surface area (Å²) in [7, 11) is 0. The van der Waals surface area contributed by atoms with Gasteiger partial charge in [0.05, 0.1) is 0 Å². The molecule has 0 radical (unpaired) electrons. The number of rotatable bonds is 4. The molecule has 0 aromatic heterocycles.